The van der Waals surface area contributed by atoms with Crippen LogP contribution in [-0.2, 0) is 9.53 Å². The molecule has 1 aliphatic rings. The summed E-state index contributed by atoms with van der Waals surface area (Å²) in [5, 5.41) is 9.96. The van der Waals surface area contributed by atoms with E-state index in [1.165, 1.54) is 0 Å². The van der Waals surface area contributed by atoms with Crippen molar-refractivity contribution >= 4 is 21.7 Å². The molecule has 1 fully saturated rings. The molecule has 1 aliphatic heterocycles. The van der Waals surface area contributed by atoms with Gasteiger partial charge in [-0.05, 0) is 25.3 Å². The van der Waals surface area contributed by atoms with E-state index in [2.05, 4.69) is 21.9 Å². The average Bonchev–Trinajstić information content (AvgIpc) is 2.38. The molecule has 4 atom stereocenters. The number of allylic oxidation sites excluding steroid dienone is 2. The molecule has 0 aliphatic carbocycles. The topological polar surface area (TPSA) is 46.5 Å². The van der Waals surface area contributed by atoms with Crippen LogP contribution in [-0.4, -0.2) is 34.0 Å². The van der Waals surface area contributed by atoms with Gasteiger partial charge in [0.15, 0.2) is 0 Å². The van der Waals surface area contributed by atoms with Crippen molar-refractivity contribution in [1.29, 1.82) is 0 Å². The van der Waals surface area contributed by atoms with Crippen molar-refractivity contribution in [3.05, 3.63) is 12.2 Å². The fourth-order valence-corrected chi connectivity index (χ4v) is 3.07. The zero-order valence-corrected chi connectivity index (χ0v) is 12.8. The lowest BCUT2D eigenvalue weighted by Gasteiger charge is -2.36. The summed E-state index contributed by atoms with van der Waals surface area (Å²) in [5.74, 6) is 2.49. The molecule has 1 saturated heterocycles. The highest BCUT2D eigenvalue weighted by Crippen LogP contribution is 2.29. The van der Waals surface area contributed by atoms with E-state index in [9.17, 15) is 9.90 Å². The number of hydrogen-bond donors (Lipinski definition) is 1. The van der Waals surface area contributed by atoms with Crippen LogP contribution in [0.5, 0.6) is 0 Å². The van der Waals surface area contributed by atoms with Crippen molar-refractivity contribution in [3.63, 3.8) is 0 Å². The second-order valence-corrected chi connectivity index (χ2v) is 5.97. The van der Waals surface area contributed by atoms with E-state index in [0.29, 0.717) is 19.3 Å². The molecular formula is C15H21BrO3. The van der Waals surface area contributed by atoms with Gasteiger partial charge in [-0.15, -0.1) is 6.42 Å². The number of carbonyl (C=O) groups excluding carboxylic acids is 1. The largest absolute Gasteiger partial charge is 0.390 e. The highest BCUT2D eigenvalue weighted by molar-refractivity contribution is 9.09. The number of alkyl halides is 1. The first-order chi connectivity index (χ1) is 9.08. The van der Waals surface area contributed by atoms with Gasteiger partial charge in [-0.3, -0.25) is 4.79 Å². The van der Waals surface area contributed by atoms with Crippen LogP contribution in [0.25, 0.3) is 0 Å². The summed E-state index contributed by atoms with van der Waals surface area (Å²) in [4.78, 5) is 12.0. The molecule has 4 heteroatoms. The summed E-state index contributed by atoms with van der Waals surface area (Å²) in [6, 6.07) is 0. The standard InChI is InChI=1S/C15H21BrO3/c1-3-5-6-7-8-11(17)9-15-13(18)10-12(16)14(4-2)19-15/h1,5-6,12-15,18H,4,7-10H2,2H3/b6-5-/t12-,13+,14+,15+/m0/s1. The van der Waals surface area contributed by atoms with Crippen LogP contribution < -0.4 is 0 Å². The van der Waals surface area contributed by atoms with Crippen LogP contribution in [0.2, 0.25) is 0 Å². The third-order valence-electron chi connectivity index (χ3n) is 3.28. The number of rotatable bonds is 6. The summed E-state index contributed by atoms with van der Waals surface area (Å²) >= 11 is 3.51. The molecule has 1 heterocycles. The quantitative estimate of drug-likeness (QED) is 0.602. The summed E-state index contributed by atoms with van der Waals surface area (Å²) in [5.41, 5.74) is 0. The predicted molar refractivity (Wildman–Crippen MR) is 79.1 cm³/mol. The number of ether oxygens (including phenoxy) is 1. The van der Waals surface area contributed by atoms with E-state index in [1.54, 1.807) is 12.2 Å². The van der Waals surface area contributed by atoms with Gasteiger partial charge >= 0.3 is 0 Å². The van der Waals surface area contributed by atoms with Crippen molar-refractivity contribution in [1.82, 2.24) is 0 Å². The van der Waals surface area contributed by atoms with E-state index in [4.69, 9.17) is 11.2 Å². The van der Waals surface area contributed by atoms with Gasteiger partial charge in [0, 0.05) is 17.7 Å². The summed E-state index contributed by atoms with van der Waals surface area (Å²) in [7, 11) is 0. The molecular weight excluding hydrogens is 308 g/mol. The fraction of sp³-hybridized carbons (Fsp3) is 0.667. The van der Waals surface area contributed by atoms with Crippen LogP contribution in [0.3, 0.4) is 0 Å². The Kier molecular flexibility index (Phi) is 7.37. The molecule has 1 N–H and O–H groups in total. The molecule has 106 valence electrons. The van der Waals surface area contributed by atoms with E-state index in [0.717, 1.165) is 6.42 Å². The van der Waals surface area contributed by atoms with Crippen LogP contribution in [0, 0.1) is 12.3 Å². The minimum absolute atomic E-state index is 0.0718. The molecule has 1 rings (SSSR count). The molecule has 0 spiro atoms. The molecule has 0 unspecified atom stereocenters. The van der Waals surface area contributed by atoms with Gasteiger partial charge in [-0.25, -0.2) is 0 Å². The van der Waals surface area contributed by atoms with Gasteiger partial charge < -0.3 is 9.84 Å². The molecule has 0 bridgehead atoms. The Bertz CT molecular complexity index is 359. The van der Waals surface area contributed by atoms with Crippen molar-refractivity contribution in [2.45, 2.75) is 62.2 Å². The maximum absolute atomic E-state index is 11.8. The Hall–Kier alpha value is -0.630. The Morgan fingerprint density at radius 1 is 1.58 bits per heavy atom. The highest BCUT2D eigenvalue weighted by Gasteiger charge is 2.35. The SMILES string of the molecule is C#C/C=C\CCC(=O)C[C@H]1O[C@H](CC)[C@@H](Br)C[C@H]1O. The second-order valence-electron chi connectivity index (χ2n) is 4.79. The van der Waals surface area contributed by atoms with Gasteiger partial charge in [-0.2, -0.15) is 0 Å². The number of aliphatic hydroxyl groups is 1. The minimum Gasteiger partial charge on any atom is -0.390 e. The monoisotopic (exact) mass is 328 g/mol. The highest BCUT2D eigenvalue weighted by atomic mass is 79.9. The normalized spacial score (nSPS) is 31.3. The Labute approximate surface area is 123 Å². The van der Waals surface area contributed by atoms with E-state index >= 15 is 0 Å². The lowest BCUT2D eigenvalue weighted by Crippen LogP contribution is -2.45. The lowest BCUT2D eigenvalue weighted by molar-refractivity contribution is -0.137. The first-order valence-corrected chi connectivity index (χ1v) is 7.60. The maximum Gasteiger partial charge on any atom is 0.135 e. The molecule has 0 amide bonds. The van der Waals surface area contributed by atoms with Gasteiger partial charge in [0.2, 0.25) is 0 Å². The summed E-state index contributed by atoms with van der Waals surface area (Å²) in [6.45, 7) is 2.04. The van der Waals surface area contributed by atoms with Crippen molar-refractivity contribution in [2.75, 3.05) is 0 Å². The summed E-state index contributed by atoms with van der Waals surface area (Å²) in [6.07, 6.45) is 10.5. The zero-order chi connectivity index (χ0) is 14.3. The molecule has 3 nitrogen and oxygen atoms in total. The van der Waals surface area contributed by atoms with E-state index < -0.39 is 6.10 Å². The van der Waals surface area contributed by atoms with Crippen LogP contribution in [0.15, 0.2) is 12.2 Å². The van der Waals surface area contributed by atoms with E-state index in [-0.39, 0.29) is 29.2 Å². The second kappa shape index (κ2) is 8.52. The number of terminal acetylenes is 1. The van der Waals surface area contributed by atoms with Crippen molar-refractivity contribution in [2.24, 2.45) is 0 Å². The number of aliphatic hydroxyl groups excluding tert-OH is 1. The smallest absolute Gasteiger partial charge is 0.135 e. The number of hydrogen-bond acceptors (Lipinski definition) is 3. The molecule has 0 aromatic heterocycles. The zero-order valence-electron chi connectivity index (χ0n) is 11.2. The van der Waals surface area contributed by atoms with Crippen LogP contribution in [0.4, 0.5) is 0 Å². The molecule has 0 aromatic carbocycles. The Morgan fingerprint density at radius 2 is 2.32 bits per heavy atom. The third-order valence-corrected chi connectivity index (χ3v) is 4.25. The number of carbonyl (C=O) groups is 1. The molecule has 19 heavy (non-hydrogen) atoms. The van der Waals surface area contributed by atoms with Crippen molar-refractivity contribution in [3.8, 4) is 12.3 Å². The van der Waals surface area contributed by atoms with Crippen LogP contribution >= 0.6 is 15.9 Å². The van der Waals surface area contributed by atoms with E-state index in [1.807, 2.05) is 6.92 Å². The summed E-state index contributed by atoms with van der Waals surface area (Å²) < 4.78 is 5.79. The predicted octanol–water partition coefficient (Wildman–Crippen LogP) is 2.61. The lowest BCUT2D eigenvalue weighted by atomic mass is 9.95. The van der Waals surface area contributed by atoms with Gasteiger partial charge in [-0.1, -0.05) is 34.9 Å². The van der Waals surface area contributed by atoms with Gasteiger partial charge in [0.1, 0.15) is 5.78 Å². The third kappa shape index (κ3) is 5.48. The van der Waals surface area contributed by atoms with Gasteiger partial charge in [0.25, 0.3) is 0 Å². The fourth-order valence-electron chi connectivity index (χ4n) is 2.19. The number of Topliss-reactive ketones (excluding diaryl/α,β-unsaturated/α-hetero) is 1. The molecule has 0 radical (unpaired) electrons. The van der Waals surface area contributed by atoms with Crippen LogP contribution in [0.1, 0.15) is 39.0 Å². The Morgan fingerprint density at radius 3 is 2.95 bits per heavy atom. The number of ketones is 1. The van der Waals surface area contributed by atoms with Gasteiger partial charge in [0.05, 0.1) is 18.3 Å². The van der Waals surface area contributed by atoms with Crippen molar-refractivity contribution < 1.29 is 14.6 Å². The first kappa shape index (κ1) is 16.4. The average molecular weight is 329 g/mol. The first-order valence-electron chi connectivity index (χ1n) is 6.68. The number of halogens is 1. The molecule has 0 saturated carbocycles. The minimum atomic E-state index is -0.572. The maximum atomic E-state index is 11.8. The Balaban J connectivity index is 2.40. The molecule has 0 aromatic rings.